The van der Waals surface area contributed by atoms with E-state index in [1.165, 1.54) is 12.1 Å². The van der Waals surface area contributed by atoms with Crippen molar-refractivity contribution in [1.29, 1.82) is 0 Å². The van der Waals surface area contributed by atoms with Crippen molar-refractivity contribution in [1.82, 2.24) is 0 Å². The molecular formula is C17H13BrClNO2. The average molecular weight is 379 g/mol. The van der Waals surface area contributed by atoms with Crippen molar-refractivity contribution in [3.63, 3.8) is 0 Å². The lowest BCUT2D eigenvalue weighted by Gasteiger charge is -1.97. The first-order valence-corrected chi connectivity index (χ1v) is 7.68. The molecule has 0 fully saturated rings. The fourth-order valence-electron chi connectivity index (χ4n) is 1.88. The molecule has 0 saturated carbocycles. The molecule has 1 N–H and O–H groups in total. The predicted octanol–water partition coefficient (Wildman–Crippen LogP) is 4.40. The van der Waals surface area contributed by atoms with Crippen molar-refractivity contribution in [3.05, 3.63) is 79.4 Å². The summed E-state index contributed by atoms with van der Waals surface area (Å²) in [6.07, 6.45) is 2.95. The van der Waals surface area contributed by atoms with E-state index in [2.05, 4.69) is 21.2 Å². The topological polar surface area (TPSA) is 46.2 Å². The van der Waals surface area contributed by atoms with Gasteiger partial charge in [-0.2, -0.15) is 0 Å². The summed E-state index contributed by atoms with van der Waals surface area (Å²) in [6, 6.07) is 12.0. The molecule has 5 heteroatoms. The van der Waals surface area contributed by atoms with Gasteiger partial charge in [-0.05, 0) is 42.0 Å². The predicted molar refractivity (Wildman–Crippen MR) is 94.8 cm³/mol. The number of hydrogen-bond donors (Lipinski definition) is 1. The Kier molecular flexibility index (Phi) is 5.52. The molecule has 0 saturated heterocycles. The van der Waals surface area contributed by atoms with E-state index in [1.54, 1.807) is 37.4 Å². The molecule has 3 nitrogen and oxygen atoms in total. The molecule has 0 aliphatic heterocycles. The number of ketones is 1. The number of carbonyl (C=O) groups is 1. The molecule has 0 atom stereocenters. The molecule has 2 aromatic rings. The van der Waals surface area contributed by atoms with Crippen LogP contribution in [-0.2, 0) is 0 Å². The molecule has 22 heavy (non-hydrogen) atoms. The number of rotatable bonds is 4. The number of nitrogens with one attached hydrogen (secondary N) is 1. The smallest absolute Gasteiger partial charge is 0.212 e. The quantitative estimate of drug-likeness (QED) is 0.633. The van der Waals surface area contributed by atoms with E-state index >= 15 is 0 Å². The van der Waals surface area contributed by atoms with Crippen molar-refractivity contribution in [2.75, 3.05) is 12.4 Å². The fourth-order valence-corrected chi connectivity index (χ4v) is 2.44. The lowest BCUT2D eigenvalue weighted by molar-refractivity contribution is 0.104. The molecule has 2 rings (SSSR count). The van der Waals surface area contributed by atoms with Crippen LogP contribution in [0.15, 0.2) is 57.8 Å². The zero-order valence-corrected chi connectivity index (χ0v) is 14.1. The molecule has 0 unspecified atom stereocenters. The second kappa shape index (κ2) is 7.38. The number of halogens is 2. The van der Waals surface area contributed by atoms with Gasteiger partial charge in [0, 0.05) is 16.5 Å². The van der Waals surface area contributed by atoms with Crippen LogP contribution in [0, 0.1) is 0 Å². The van der Waals surface area contributed by atoms with Gasteiger partial charge in [0.1, 0.15) is 0 Å². The van der Waals surface area contributed by atoms with Gasteiger partial charge in [0.05, 0.1) is 11.3 Å². The van der Waals surface area contributed by atoms with Crippen LogP contribution in [0.3, 0.4) is 0 Å². The van der Waals surface area contributed by atoms with Gasteiger partial charge in [0.15, 0.2) is 5.78 Å². The van der Waals surface area contributed by atoms with Crippen LogP contribution < -0.4 is 10.7 Å². The van der Waals surface area contributed by atoms with Gasteiger partial charge < -0.3 is 5.32 Å². The number of carbonyl (C=O) groups excluding carboxylic acids is 1. The minimum absolute atomic E-state index is 0.0875. The Morgan fingerprint density at radius 2 is 1.95 bits per heavy atom. The van der Waals surface area contributed by atoms with Crippen LogP contribution in [0.2, 0.25) is 5.02 Å². The van der Waals surface area contributed by atoms with Gasteiger partial charge in [0.2, 0.25) is 5.43 Å². The van der Waals surface area contributed by atoms with E-state index in [0.29, 0.717) is 15.2 Å². The second-order valence-electron chi connectivity index (χ2n) is 4.49. The van der Waals surface area contributed by atoms with Gasteiger partial charge in [-0.15, -0.1) is 0 Å². The SMILES string of the molecule is CNc1ccc(Br)cc(C(=O)C=Cc2ccccc2Cl)c1=O. The van der Waals surface area contributed by atoms with Crippen molar-refractivity contribution in [2.24, 2.45) is 0 Å². The lowest BCUT2D eigenvalue weighted by atomic mass is 10.1. The Morgan fingerprint density at radius 3 is 2.64 bits per heavy atom. The summed E-state index contributed by atoms with van der Waals surface area (Å²) >= 11 is 9.34. The Morgan fingerprint density at radius 1 is 1.23 bits per heavy atom. The van der Waals surface area contributed by atoms with Gasteiger partial charge in [-0.25, -0.2) is 0 Å². The zero-order chi connectivity index (χ0) is 16.1. The van der Waals surface area contributed by atoms with Gasteiger partial charge >= 0.3 is 0 Å². The fraction of sp³-hybridized carbons (Fsp3) is 0.0588. The Hall–Kier alpha value is -1.91. The minimum atomic E-state index is -0.377. The summed E-state index contributed by atoms with van der Waals surface area (Å²) in [5.74, 6) is -0.377. The number of hydrogen-bond acceptors (Lipinski definition) is 3. The summed E-state index contributed by atoms with van der Waals surface area (Å²) in [4.78, 5) is 24.6. The van der Waals surface area contributed by atoms with E-state index in [4.69, 9.17) is 11.6 Å². The maximum atomic E-state index is 12.3. The van der Waals surface area contributed by atoms with Crippen LogP contribution in [0.5, 0.6) is 0 Å². The summed E-state index contributed by atoms with van der Waals surface area (Å²) in [6.45, 7) is 0. The highest BCUT2D eigenvalue weighted by Gasteiger charge is 2.10. The third-order valence-corrected chi connectivity index (χ3v) is 3.87. The Labute approximate surface area is 141 Å². The van der Waals surface area contributed by atoms with Crippen LogP contribution in [-0.4, -0.2) is 12.8 Å². The maximum Gasteiger partial charge on any atom is 0.212 e. The first-order chi connectivity index (χ1) is 10.5. The largest absolute Gasteiger partial charge is 0.385 e. The van der Waals surface area contributed by atoms with Crippen molar-refractivity contribution >= 4 is 45.1 Å². The van der Waals surface area contributed by atoms with E-state index in [9.17, 15) is 9.59 Å². The Bertz CT molecular complexity index is 803. The van der Waals surface area contributed by atoms with Crippen LogP contribution in [0.25, 0.3) is 6.08 Å². The van der Waals surface area contributed by atoms with Gasteiger partial charge in [-0.3, -0.25) is 9.59 Å². The maximum absolute atomic E-state index is 12.3. The van der Waals surface area contributed by atoms with Crippen molar-refractivity contribution in [3.8, 4) is 0 Å². The van der Waals surface area contributed by atoms with Gasteiger partial charge in [0.25, 0.3) is 0 Å². The highest BCUT2D eigenvalue weighted by molar-refractivity contribution is 9.10. The molecule has 0 bridgehead atoms. The number of benzene rings is 1. The van der Waals surface area contributed by atoms with Crippen molar-refractivity contribution < 1.29 is 4.79 Å². The minimum Gasteiger partial charge on any atom is -0.385 e. The molecule has 0 spiro atoms. The van der Waals surface area contributed by atoms with Crippen molar-refractivity contribution in [2.45, 2.75) is 0 Å². The molecule has 0 radical (unpaired) electrons. The summed E-state index contributed by atoms with van der Waals surface area (Å²) in [5.41, 5.74) is 0.824. The zero-order valence-electron chi connectivity index (χ0n) is 11.8. The first-order valence-electron chi connectivity index (χ1n) is 6.51. The summed E-state index contributed by atoms with van der Waals surface area (Å²) in [5, 5.41) is 3.34. The third kappa shape index (κ3) is 3.84. The molecule has 2 aromatic carbocycles. The molecule has 0 heterocycles. The standard InChI is InChI=1S/C17H13BrClNO2/c1-20-15-8-7-12(18)10-13(17(15)22)16(21)9-6-11-4-2-3-5-14(11)19/h2-10H,1H3,(H,20,22). The average Bonchev–Trinajstić information content (AvgIpc) is 2.65. The second-order valence-corrected chi connectivity index (χ2v) is 5.81. The van der Waals surface area contributed by atoms with E-state index < -0.39 is 0 Å². The molecule has 0 aromatic heterocycles. The highest BCUT2D eigenvalue weighted by Crippen LogP contribution is 2.17. The molecule has 0 amide bonds. The summed E-state index contributed by atoms with van der Waals surface area (Å²) < 4.78 is 0.653. The number of anilines is 1. The summed E-state index contributed by atoms with van der Waals surface area (Å²) in [7, 11) is 1.64. The first kappa shape index (κ1) is 16.5. The van der Waals surface area contributed by atoms with E-state index in [-0.39, 0.29) is 16.8 Å². The highest BCUT2D eigenvalue weighted by atomic mass is 79.9. The van der Waals surface area contributed by atoms with E-state index in [0.717, 1.165) is 5.56 Å². The van der Waals surface area contributed by atoms with Crippen LogP contribution in [0.1, 0.15) is 15.9 Å². The monoisotopic (exact) mass is 377 g/mol. The van der Waals surface area contributed by atoms with Gasteiger partial charge in [-0.1, -0.05) is 45.7 Å². The number of allylic oxidation sites excluding steroid dienone is 1. The lowest BCUT2D eigenvalue weighted by Crippen LogP contribution is -2.14. The molecule has 0 aliphatic rings. The van der Waals surface area contributed by atoms with E-state index in [1.807, 2.05) is 12.1 Å². The van der Waals surface area contributed by atoms with Crippen LogP contribution >= 0.6 is 27.5 Å². The van der Waals surface area contributed by atoms with Crippen LogP contribution in [0.4, 0.5) is 5.69 Å². The molecular weight excluding hydrogens is 366 g/mol. The normalized spacial score (nSPS) is 10.7. The third-order valence-electron chi connectivity index (χ3n) is 3.03. The molecule has 0 aliphatic carbocycles. The molecule has 112 valence electrons. The Balaban J connectivity index is 2.43.